The molecule has 4 amide bonds. The second-order valence-corrected chi connectivity index (χ2v) is 7.60. The van der Waals surface area contributed by atoms with E-state index in [9.17, 15) is 24.0 Å². The third kappa shape index (κ3) is 8.06. The predicted octanol–water partition coefficient (Wildman–Crippen LogP) is -1.70. The summed E-state index contributed by atoms with van der Waals surface area (Å²) in [6.45, 7) is 3.55. The number of carboxylic acids is 1. The van der Waals surface area contributed by atoms with Crippen molar-refractivity contribution in [3.05, 3.63) is 0 Å². The first-order chi connectivity index (χ1) is 13.5. The minimum absolute atomic E-state index is 0.0196. The SMILES string of the molecule is CC(C)CC(N)C(=O)NC(CCC(N)=O)C(=O)N1CCCC1C(=O)NCC(=O)O. The molecule has 1 aliphatic heterocycles. The van der Waals surface area contributed by atoms with Crippen LogP contribution in [-0.2, 0) is 24.0 Å². The molecule has 29 heavy (non-hydrogen) atoms. The highest BCUT2D eigenvalue weighted by molar-refractivity contribution is 5.94. The van der Waals surface area contributed by atoms with Crippen LogP contribution >= 0.6 is 0 Å². The van der Waals surface area contributed by atoms with Crippen LogP contribution < -0.4 is 22.1 Å². The Kier molecular flexibility index (Phi) is 9.53. The van der Waals surface area contributed by atoms with E-state index in [-0.39, 0.29) is 25.3 Å². The van der Waals surface area contributed by atoms with Crippen LogP contribution in [0.5, 0.6) is 0 Å². The van der Waals surface area contributed by atoms with E-state index < -0.39 is 54.3 Å². The molecule has 0 radical (unpaired) electrons. The molecular weight excluding hydrogens is 382 g/mol. The van der Waals surface area contributed by atoms with Crippen molar-refractivity contribution in [1.29, 1.82) is 0 Å². The van der Waals surface area contributed by atoms with Gasteiger partial charge in [-0.25, -0.2) is 0 Å². The Hall–Kier alpha value is -2.69. The van der Waals surface area contributed by atoms with Gasteiger partial charge in [0, 0.05) is 13.0 Å². The van der Waals surface area contributed by atoms with E-state index in [2.05, 4.69) is 10.6 Å². The predicted molar refractivity (Wildman–Crippen MR) is 103 cm³/mol. The highest BCUT2D eigenvalue weighted by Gasteiger charge is 2.38. The molecule has 1 rings (SSSR count). The fourth-order valence-corrected chi connectivity index (χ4v) is 3.22. The number of carbonyl (C=O) groups excluding carboxylic acids is 4. The number of nitrogens with zero attached hydrogens (tertiary/aromatic N) is 1. The lowest BCUT2D eigenvalue weighted by Crippen LogP contribution is -2.56. The number of primary amides is 1. The number of hydrogen-bond donors (Lipinski definition) is 5. The Bertz CT molecular complexity index is 638. The molecule has 1 saturated heterocycles. The maximum Gasteiger partial charge on any atom is 0.322 e. The van der Waals surface area contributed by atoms with Crippen LogP contribution in [0.3, 0.4) is 0 Å². The number of carboxylic acid groups (broad SMARTS) is 1. The van der Waals surface area contributed by atoms with E-state index in [1.807, 2.05) is 13.8 Å². The maximum absolute atomic E-state index is 13.0. The fraction of sp³-hybridized carbons (Fsp3) is 0.722. The average molecular weight is 413 g/mol. The number of nitrogens with two attached hydrogens (primary N) is 2. The van der Waals surface area contributed by atoms with Gasteiger partial charge in [0.25, 0.3) is 0 Å². The van der Waals surface area contributed by atoms with Crippen LogP contribution in [0.2, 0.25) is 0 Å². The topological polar surface area (TPSA) is 185 Å². The van der Waals surface area contributed by atoms with Gasteiger partial charge in [-0.15, -0.1) is 0 Å². The fourth-order valence-electron chi connectivity index (χ4n) is 3.22. The molecule has 11 heteroatoms. The highest BCUT2D eigenvalue weighted by Crippen LogP contribution is 2.20. The van der Waals surface area contributed by atoms with Crippen molar-refractivity contribution in [2.75, 3.05) is 13.1 Å². The molecule has 0 aliphatic carbocycles. The standard InChI is InChI=1S/C18H31N5O6/c1-10(2)8-11(19)16(27)22-12(5-6-14(20)24)18(29)23-7-3-4-13(23)17(28)21-9-15(25)26/h10-13H,3-9,19H2,1-2H3,(H2,20,24)(H,21,28)(H,22,27)(H,25,26). The first-order valence-corrected chi connectivity index (χ1v) is 9.67. The van der Waals surface area contributed by atoms with Crippen LogP contribution in [0, 0.1) is 5.92 Å². The quantitative estimate of drug-likeness (QED) is 0.267. The molecule has 0 aromatic rings. The summed E-state index contributed by atoms with van der Waals surface area (Å²) in [5, 5.41) is 13.5. The van der Waals surface area contributed by atoms with Crippen molar-refractivity contribution >= 4 is 29.6 Å². The third-order valence-corrected chi connectivity index (χ3v) is 4.61. The Morgan fingerprint density at radius 3 is 2.41 bits per heavy atom. The van der Waals surface area contributed by atoms with Gasteiger partial charge in [0.2, 0.25) is 23.6 Å². The third-order valence-electron chi connectivity index (χ3n) is 4.61. The number of amides is 4. The average Bonchev–Trinajstić information content (AvgIpc) is 3.11. The van der Waals surface area contributed by atoms with Crippen molar-refractivity contribution in [3.8, 4) is 0 Å². The van der Waals surface area contributed by atoms with E-state index >= 15 is 0 Å². The zero-order valence-corrected chi connectivity index (χ0v) is 16.8. The molecule has 1 fully saturated rings. The number of hydrogen-bond acceptors (Lipinski definition) is 6. The summed E-state index contributed by atoms with van der Waals surface area (Å²) in [6, 6.07) is -2.70. The Balaban J connectivity index is 2.88. The smallest absolute Gasteiger partial charge is 0.322 e. The van der Waals surface area contributed by atoms with Crippen LogP contribution in [-0.4, -0.2) is 70.8 Å². The highest BCUT2D eigenvalue weighted by atomic mass is 16.4. The number of likely N-dealkylation sites (tertiary alicyclic amines) is 1. The van der Waals surface area contributed by atoms with Gasteiger partial charge in [-0.1, -0.05) is 13.8 Å². The van der Waals surface area contributed by atoms with Gasteiger partial charge < -0.3 is 32.1 Å². The van der Waals surface area contributed by atoms with Gasteiger partial charge in [0.15, 0.2) is 0 Å². The van der Waals surface area contributed by atoms with Crippen LogP contribution in [0.1, 0.15) is 46.0 Å². The monoisotopic (exact) mass is 413 g/mol. The summed E-state index contributed by atoms with van der Waals surface area (Å²) in [6.07, 6.45) is 1.21. The molecule has 0 aromatic heterocycles. The first kappa shape index (κ1) is 24.3. The summed E-state index contributed by atoms with van der Waals surface area (Å²) < 4.78 is 0. The van der Waals surface area contributed by atoms with E-state index in [1.54, 1.807) is 0 Å². The lowest BCUT2D eigenvalue weighted by Gasteiger charge is -2.29. The number of aliphatic carboxylic acids is 1. The molecule has 11 nitrogen and oxygen atoms in total. The molecule has 1 heterocycles. The Labute approximate surface area is 169 Å². The molecule has 7 N–H and O–H groups in total. The summed E-state index contributed by atoms with van der Waals surface area (Å²) in [5.41, 5.74) is 11.0. The minimum Gasteiger partial charge on any atom is -0.480 e. The van der Waals surface area contributed by atoms with E-state index in [1.165, 1.54) is 4.90 Å². The van der Waals surface area contributed by atoms with Crippen molar-refractivity contribution in [1.82, 2.24) is 15.5 Å². The number of nitrogens with one attached hydrogen (secondary N) is 2. The lowest BCUT2D eigenvalue weighted by atomic mass is 10.0. The zero-order valence-electron chi connectivity index (χ0n) is 16.8. The van der Waals surface area contributed by atoms with E-state index in [4.69, 9.17) is 16.6 Å². The number of carbonyl (C=O) groups is 5. The van der Waals surface area contributed by atoms with Gasteiger partial charge in [0.05, 0.1) is 6.04 Å². The van der Waals surface area contributed by atoms with E-state index in [0.29, 0.717) is 19.3 Å². The molecule has 0 bridgehead atoms. The Morgan fingerprint density at radius 2 is 1.86 bits per heavy atom. The second-order valence-electron chi connectivity index (χ2n) is 7.60. The molecular formula is C18H31N5O6. The number of rotatable bonds is 11. The van der Waals surface area contributed by atoms with Gasteiger partial charge in [-0.05, 0) is 31.6 Å². The zero-order chi connectivity index (χ0) is 22.1. The second kappa shape index (κ2) is 11.3. The molecule has 3 unspecified atom stereocenters. The van der Waals surface area contributed by atoms with Gasteiger partial charge in [-0.3, -0.25) is 24.0 Å². The lowest BCUT2D eigenvalue weighted by molar-refractivity contribution is -0.143. The molecule has 0 saturated carbocycles. The molecule has 0 aromatic carbocycles. The largest absolute Gasteiger partial charge is 0.480 e. The van der Waals surface area contributed by atoms with E-state index in [0.717, 1.165) is 0 Å². The normalized spacial score (nSPS) is 18.2. The minimum atomic E-state index is -1.19. The van der Waals surface area contributed by atoms with Crippen LogP contribution in [0.25, 0.3) is 0 Å². The first-order valence-electron chi connectivity index (χ1n) is 9.67. The van der Waals surface area contributed by atoms with Crippen molar-refractivity contribution in [2.45, 2.75) is 64.1 Å². The van der Waals surface area contributed by atoms with Crippen LogP contribution in [0.15, 0.2) is 0 Å². The van der Waals surface area contributed by atoms with Crippen molar-refractivity contribution in [2.24, 2.45) is 17.4 Å². The summed E-state index contributed by atoms with van der Waals surface area (Å²) in [7, 11) is 0. The van der Waals surface area contributed by atoms with Gasteiger partial charge >= 0.3 is 5.97 Å². The van der Waals surface area contributed by atoms with Gasteiger partial charge in [-0.2, -0.15) is 0 Å². The summed E-state index contributed by atoms with van der Waals surface area (Å²) in [5.74, 6) is -3.26. The summed E-state index contributed by atoms with van der Waals surface area (Å²) in [4.78, 5) is 60.8. The van der Waals surface area contributed by atoms with Crippen molar-refractivity contribution in [3.63, 3.8) is 0 Å². The molecule has 1 aliphatic rings. The summed E-state index contributed by atoms with van der Waals surface area (Å²) >= 11 is 0. The molecule has 3 atom stereocenters. The maximum atomic E-state index is 13.0. The van der Waals surface area contributed by atoms with Crippen LogP contribution in [0.4, 0.5) is 0 Å². The molecule has 0 spiro atoms. The van der Waals surface area contributed by atoms with Crippen molar-refractivity contribution < 1.29 is 29.1 Å². The Morgan fingerprint density at radius 1 is 1.21 bits per heavy atom. The van der Waals surface area contributed by atoms with Gasteiger partial charge in [0.1, 0.15) is 18.6 Å². The molecule has 164 valence electrons.